The first kappa shape index (κ1) is 21.9. The van der Waals surface area contributed by atoms with Crippen LogP contribution in [0.1, 0.15) is 22.8 Å². The third-order valence-electron chi connectivity index (χ3n) is 5.49. The number of anilines is 2. The predicted molar refractivity (Wildman–Crippen MR) is 133 cm³/mol. The van der Waals surface area contributed by atoms with Crippen LogP contribution in [0.2, 0.25) is 10.0 Å². The molecule has 0 bridgehead atoms. The van der Waals surface area contributed by atoms with Gasteiger partial charge < -0.3 is 15.4 Å². The topological polar surface area (TPSA) is 84.5 Å². The van der Waals surface area contributed by atoms with E-state index in [1.54, 1.807) is 36.4 Å². The minimum absolute atomic E-state index is 0.0839. The molecule has 4 aromatic rings. The first-order valence-electron chi connectivity index (χ1n) is 10.3. The molecule has 0 saturated heterocycles. The summed E-state index contributed by atoms with van der Waals surface area (Å²) in [4.78, 5) is 36.9. The van der Waals surface area contributed by atoms with Gasteiger partial charge in [-0.15, -0.1) is 0 Å². The molecule has 0 heterocycles. The van der Waals surface area contributed by atoms with E-state index in [0.29, 0.717) is 44.0 Å². The summed E-state index contributed by atoms with van der Waals surface area (Å²) in [5.74, 6) is -0.272. The first-order chi connectivity index (χ1) is 16.3. The molecule has 0 saturated carbocycles. The number of rotatable bonds is 3. The third kappa shape index (κ3) is 3.87. The van der Waals surface area contributed by atoms with Crippen molar-refractivity contribution in [3.63, 3.8) is 0 Å². The number of nitrogens with one attached hydrogen (secondary N) is 2. The Labute approximate surface area is 204 Å². The van der Waals surface area contributed by atoms with Crippen LogP contribution in [0.15, 0.2) is 66.7 Å². The fourth-order valence-electron chi connectivity index (χ4n) is 4.07. The molecule has 2 amide bonds. The molecule has 0 unspecified atom stereocenters. The van der Waals surface area contributed by atoms with Crippen LogP contribution in [-0.2, 0) is 4.79 Å². The van der Waals surface area contributed by atoms with Crippen molar-refractivity contribution >= 4 is 63.1 Å². The van der Waals surface area contributed by atoms with E-state index >= 15 is 0 Å². The summed E-state index contributed by atoms with van der Waals surface area (Å²) in [6, 6.07) is 18.4. The van der Waals surface area contributed by atoms with Gasteiger partial charge in [0.2, 0.25) is 0 Å². The van der Waals surface area contributed by atoms with Crippen LogP contribution in [0.25, 0.3) is 21.9 Å². The van der Waals surface area contributed by atoms with Crippen LogP contribution in [0.5, 0.6) is 5.75 Å². The number of carbonyl (C=O) groups excluding carboxylic acids is 3. The second-order valence-corrected chi connectivity index (χ2v) is 8.54. The minimum atomic E-state index is -0.564. The normalized spacial score (nSPS) is 11.7. The Morgan fingerprint density at radius 2 is 1.50 bits per heavy atom. The fourth-order valence-corrected chi connectivity index (χ4v) is 4.65. The van der Waals surface area contributed by atoms with Gasteiger partial charge in [0.15, 0.2) is 5.78 Å². The summed E-state index contributed by atoms with van der Waals surface area (Å²) in [6.45, 7) is 1.29. The Kier molecular flexibility index (Phi) is 5.48. The SMILES string of the molecule is CC(=O)Oc1ccc2c(Cl)cc(Cl)c(NC(=O)Nc3ccc4c(c3)C(=O)c3ccccc3-4)c2c1. The Hall–Kier alpha value is -3.87. The molecule has 6 nitrogen and oxygen atoms in total. The molecule has 5 rings (SSSR count). The quantitative estimate of drug-likeness (QED) is 0.212. The zero-order valence-corrected chi connectivity index (χ0v) is 19.3. The Morgan fingerprint density at radius 3 is 2.26 bits per heavy atom. The van der Waals surface area contributed by atoms with Crippen molar-refractivity contribution in [2.45, 2.75) is 6.92 Å². The lowest BCUT2D eigenvalue weighted by atomic mass is 10.1. The average molecular weight is 491 g/mol. The Balaban J connectivity index is 1.44. The molecular weight excluding hydrogens is 475 g/mol. The summed E-state index contributed by atoms with van der Waals surface area (Å²) in [7, 11) is 0. The van der Waals surface area contributed by atoms with Gasteiger partial charge in [-0.05, 0) is 47.5 Å². The number of hydrogen-bond acceptors (Lipinski definition) is 4. The molecule has 4 aromatic carbocycles. The number of esters is 1. The summed E-state index contributed by atoms with van der Waals surface area (Å²) >= 11 is 12.7. The van der Waals surface area contributed by atoms with Crippen molar-refractivity contribution in [1.29, 1.82) is 0 Å². The van der Waals surface area contributed by atoms with Crippen LogP contribution >= 0.6 is 23.2 Å². The number of carbonyl (C=O) groups is 3. The number of ether oxygens (including phenoxy) is 1. The molecule has 34 heavy (non-hydrogen) atoms. The van der Waals surface area contributed by atoms with Crippen LogP contribution in [0.4, 0.5) is 16.2 Å². The molecule has 0 aromatic heterocycles. The predicted octanol–water partition coefficient (Wildman–Crippen LogP) is 6.93. The molecule has 1 aliphatic carbocycles. The number of amides is 2. The number of benzene rings is 4. The molecule has 0 aliphatic heterocycles. The highest BCUT2D eigenvalue weighted by Gasteiger charge is 2.26. The van der Waals surface area contributed by atoms with Crippen molar-refractivity contribution in [1.82, 2.24) is 0 Å². The van der Waals surface area contributed by atoms with E-state index < -0.39 is 12.0 Å². The molecule has 0 radical (unpaired) electrons. The van der Waals surface area contributed by atoms with E-state index in [1.807, 2.05) is 24.3 Å². The lowest BCUT2D eigenvalue weighted by Gasteiger charge is -2.14. The number of urea groups is 1. The van der Waals surface area contributed by atoms with Crippen molar-refractivity contribution in [2.75, 3.05) is 10.6 Å². The maximum absolute atomic E-state index is 12.8. The van der Waals surface area contributed by atoms with Crippen molar-refractivity contribution in [3.05, 3.63) is 87.9 Å². The van der Waals surface area contributed by atoms with Gasteiger partial charge >= 0.3 is 12.0 Å². The Bertz CT molecular complexity index is 1530. The van der Waals surface area contributed by atoms with Gasteiger partial charge in [0.05, 0.1) is 15.7 Å². The maximum atomic E-state index is 12.8. The summed E-state index contributed by atoms with van der Waals surface area (Å²) in [5.41, 5.74) is 3.63. The van der Waals surface area contributed by atoms with Crippen molar-refractivity contribution in [2.24, 2.45) is 0 Å². The highest BCUT2D eigenvalue weighted by Crippen LogP contribution is 2.39. The number of ketones is 1. The largest absolute Gasteiger partial charge is 0.427 e. The minimum Gasteiger partial charge on any atom is -0.427 e. The zero-order valence-electron chi connectivity index (χ0n) is 17.7. The van der Waals surface area contributed by atoms with E-state index in [1.165, 1.54) is 13.0 Å². The highest BCUT2D eigenvalue weighted by atomic mass is 35.5. The zero-order chi connectivity index (χ0) is 24.0. The molecule has 1 aliphatic rings. The van der Waals surface area contributed by atoms with E-state index in [2.05, 4.69) is 10.6 Å². The molecule has 0 fully saturated rings. The van der Waals surface area contributed by atoms with Crippen LogP contribution in [-0.4, -0.2) is 17.8 Å². The molecular formula is C26H16Cl2N2O4. The monoisotopic (exact) mass is 490 g/mol. The van der Waals surface area contributed by atoms with Gasteiger partial charge in [-0.25, -0.2) is 4.79 Å². The molecule has 2 N–H and O–H groups in total. The number of halogens is 2. The van der Waals surface area contributed by atoms with Gasteiger partial charge in [0.25, 0.3) is 0 Å². The lowest BCUT2D eigenvalue weighted by molar-refractivity contribution is -0.131. The first-order valence-corrected chi connectivity index (χ1v) is 11.0. The van der Waals surface area contributed by atoms with Gasteiger partial charge in [-0.2, -0.15) is 0 Å². The smallest absolute Gasteiger partial charge is 0.323 e. The van der Waals surface area contributed by atoms with Crippen molar-refractivity contribution < 1.29 is 19.1 Å². The Morgan fingerprint density at radius 1 is 0.765 bits per heavy atom. The lowest BCUT2D eigenvalue weighted by Crippen LogP contribution is -2.20. The third-order valence-corrected chi connectivity index (χ3v) is 6.10. The van der Waals surface area contributed by atoms with Gasteiger partial charge in [0, 0.05) is 34.5 Å². The average Bonchev–Trinajstić information content (AvgIpc) is 3.08. The highest BCUT2D eigenvalue weighted by molar-refractivity contribution is 6.41. The van der Waals surface area contributed by atoms with E-state index in [4.69, 9.17) is 27.9 Å². The van der Waals surface area contributed by atoms with Gasteiger partial charge in [0.1, 0.15) is 5.75 Å². The van der Waals surface area contributed by atoms with Gasteiger partial charge in [-0.1, -0.05) is 53.5 Å². The number of hydrogen-bond donors (Lipinski definition) is 2. The maximum Gasteiger partial charge on any atom is 0.323 e. The molecule has 0 spiro atoms. The molecule has 168 valence electrons. The summed E-state index contributed by atoms with van der Waals surface area (Å²) in [6.07, 6.45) is 0. The van der Waals surface area contributed by atoms with E-state index in [0.717, 1.165) is 11.1 Å². The summed E-state index contributed by atoms with van der Waals surface area (Å²) < 4.78 is 5.15. The second kappa shape index (κ2) is 8.48. The van der Waals surface area contributed by atoms with Gasteiger partial charge in [-0.3, -0.25) is 9.59 Å². The van der Waals surface area contributed by atoms with Crippen LogP contribution in [0.3, 0.4) is 0 Å². The van der Waals surface area contributed by atoms with Crippen molar-refractivity contribution in [3.8, 4) is 16.9 Å². The number of fused-ring (bicyclic) bond motifs is 4. The fraction of sp³-hybridized carbons (Fsp3) is 0.0385. The summed E-state index contributed by atoms with van der Waals surface area (Å²) in [5, 5.41) is 7.21. The standard InChI is InChI=1S/C26H16Cl2N2O4/c1-13(31)34-15-7-9-18-20(11-15)24(23(28)12-22(18)27)30-26(33)29-14-6-8-17-16-4-2-3-5-19(16)25(32)21(17)10-14/h2-12H,1H3,(H2,29,30,33). The van der Waals surface area contributed by atoms with Crippen LogP contribution in [0, 0.1) is 0 Å². The molecule has 0 atom stereocenters. The second-order valence-electron chi connectivity index (χ2n) is 7.73. The van der Waals surface area contributed by atoms with E-state index in [9.17, 15) is 14.4 Å². The van der Waals surface area contributed by atoms with E-state index in [-0.39, 0.29) is 10.8 Å². The molecule has 8 heteroatoms. The van der Waals surface area contributed by atoms with Crippen LogP contribution < -0.4 is 15.4 Å².